The van der Waals surface area contributed by atoms with Crippen LogP contribution in [0, 0.1) is 0 Å². The Morgan fingerprint density at radius 3 is 2.88 bits per heavy atom. The zero-order valence-electron chi connectivity index (χ0n) is 8.83. The second-order valence-corrected chi connectivity index (χ2v) is 4.24. The predicted octanol–water partition coefficient (Wildman–Crippen LogP) is 2.92. The Bertz CT molecular complexity index is 314. The Hall–Kier alpha value is -0.850. The molecule has 0 N–H and O–H groups in total. The summed E-state index contributed by atoms with van der Waals surface area (Å²) in [5.74, 6) is 0.402. The van der Waals surface area contributed by atoms with Crippen molar-refractivity contribution in [3.8, 4) is 5.75 Å². The minimum Gasteiger partial charge on any atom is -0.489 e. The van der Waals surface area contributed by atoms with Crippen molar-refractivity contribution in [2.75, 3.05) is 12.4 Å². The maximum Gasteiger partial charge on any atom is 0.441 e. The standard InChI is InChI=1S/C9H13F3N2OS/c1-2-3-14-7-8(6-13-14)15-4-5-16-9(10,11)12/h6-7H,2-5H2,1H3. The highest BCUT2D eigenvalue weighted by Crippen LogP contribution is 2.29. The van der Waals surface area contributed by atoms with Gasteiger partial charge in [0, 0.05) is 12.3 Å². The van der Waals surface area contributed by atoms with E-state index in [1.165, 1.54) is 6.20 Å². The van der Waals surface area contributed by atoms with Gasteiger partial charge in [-0.05, 0) is 18.2 Å². The van der Waals surface area contributed by atoms with Gasteiger partial charge in [-0.3, -0.25) is 4.68 Å². The van der Waals surface area contributed by atoms with Crippen LogP contribution < -0.4 is 4.74 Å². The Kier molecular flexibility index (Phi) is 4.98. The van der Waals surface area contributed by atoms with Crippen LogP contribution in [0.25, 0.3) is 0 Å². The lowest BCUT2D eigenvalue weighted by Crippen LogP contribution is -2.07. The molecule has 0 aliphatic rings. The number of aromatic nitrogens is 2. The average Bonchev–Trinajstić information content (AvgIpc) is 2.60. The van der Waals surface area contributed by atoms with Gasteiger partial charge in [-0.15, -0.1) is 0 Å². The lowest BCUT2D eigenvalue weighted by atomic mass is 10.5. The highest BCUT2D eigenvalue weighted by atomic mass is 32.2. The molecule has 0 bridgehead atoms. The van der Waals surface area contributed by atoms with Gasteiger partial charge in [0.1, 0.15) is 0 Å². The number of aryl methyl sites for hydroxylation is 1. The molecule has 0 aromatic carbocycles. The predicted molar refractivity (Wildman–Crippen MR) is 56.5 cm³/mol. The zero-order valence-corrected chi connectivity index (χ0v) is 9.64. The van der Waals surface area contributed by atoms with Gasteiger partial charge in [-0.2, -0.15) is 18.3 Å². The fourth-order valence-electron chi connectivity index (χ4n) is 1.09. The van der Waals surface area contributed by atoms with Crippen molar-refractivity contribution in [2.45, 2.75) is 25.4 Å². The van der Waals surface area contributed by atoms with Crippen molar-refractivity contribution < 1.29 is 17.9 Å². The van der Waals surface area contributed by atoms with Crippen LogP contribution in [0.3, 0.4) is 0 Å². The first kappa shape index (κ1) is 13.2. The van der Waals surface area contributed by atoms with Gasteiger partial charge in [0.05, 0.1) is 19.0 Å². The van der Waals surface area contributed by atoms with Gasteiger partial charge in [-0.1, -0.05) is 6.92 Å². The molecule has 0 spiro atoms. The van der Waals surface area contributed by atoms with E-state index in [0.29, 0.717) is 5.75 Å². The van der Waals surface area contributed by atoms with Gasteiger partial charge in [0.15, 0.2) is 5.75 Å². The lowest BCUT2D eigenvalue weighted by molar-refractivity contribution is -0.0329. The van der Waals surface area contributed by atoms with E-state index in [2.05, 4.69) is 5.10 Å². The van der Waals surface area contributed by atoms with Crippen molar-refractivity contribution in [3.05, 3.63) is 12.4 Å². The maximum atomic E-state index is 11.8. The van der Waals surface area contributed by atoms with Crippen molar-refractivity contribution in [1.29, 1.82) is 0 Å². The van der Waals surface area contributed by atoms with Crippen LogP contribution in [0.4, 0.5) is 13.2 Å². The van der Waals surface area contributed by atoms with E-state index in [9.17, 15) is 13.2 Å². The average molecular weight is 254 g/mol. The first-order chi connectivity index (χ1) is 7.51. The second kappa shape index (κ2) is 6.03. The molecule has 0 saturated heterocycles. The van der Waals surface area contributed by atoms with Crippen molar-refractivity contribution in [1.82, 2.24) is 9.78 Å². The van der Waals surface area contributed by atoms with Crippen LogP contribution in [0.15, 0.2) is 12.4 Å². The molecule has 92 valence electrons. The molecule has 1 aromatic heterocycles. The number of hydrogen-bond donors (Lipinski definition) is 0. The smallest absolute Gasteiger partial charge is 0.441 e. The third-order valence-corrected chi connectivity index (χ3v) is 2.38. The highest BCUT2D eigenvalue weighted by Gasteiger charge is 2.27. The number of rotatable bonds is 6. The molecule has 0 aliphatic carbocycles. The molecule has 1 rings (SSSR count). The lowest BCUT2D eigenvalue weighted by Gasteiger charge is -2.05. The molecule has 0 amide bonds. The SMILES string of the molecule is CCCn1cc(OCCSC(F)(F)F)cn1. The summed E-state index contributed by atoms with van der Waals surface area (Å²) in [5.41, 5.74) is -4.18. The summed E-state index contributed by atoms with van der Waals surface area (Å²) in [6, 6.07) is 0. The normalized spacial score (nSPS) is 11.8. The van der Waals surface area contributed by atoms with E-state index in [-0.39, 0.29) is 24.1 Å². The third-order valence-electron chi connectivity index (χ3n) is 1.68. The summed E-state index contributed by atoms with van der Waals surface area (Å²) < 4.78 is 42.2. The van der Waals surface area contributed by atoms with Crippen molar-refractivity contribution >= 4 is 11.8 Å². The van der Waals surface area contributed by atoms with Crippen LogP contribution in [-0.2, 0) is 6.54 Å². The maximum absolute atomic E-state index is 11.8. The number of halogens is 3. The first-order valence-electron chi connectivity index (χ1n) is 4.87. The molecule has 7 heteroatoms. The topological polar surface area (TPSA) is 27.1 Å². The minimum absolute atomic E-state index is 0.0298. The fourth-order valence-corrected chi connectivity index (χ4v) is 1.49. The molecule has 3 nitrogen and oxygen atoms in total. The molecule has 0 atom stereocenters. The Labute approximate surface area is 96.0 Å². The molecule has 0 aliphatic heterocycles. The molecule has 16 heavy (non-hydrogen) atoms. The molecule has 0 unspecified atom stereocenters. The Morgan fingerprint density at radius 2 is 2.25 bits per heavy atom. The molecular weight excluding hydrogens is 241 g/mol. The number of hydrogen-bond acceptors (Lipinski definition) is 3. The van der Waals surface area contributed by atoms with E-state index < -0.39 is 5.51 Å². The van der Waals surface area contributed by atoms with Gasteiger partial charge in [0.25, 0.3) is 0 Å². The largest absolute Gasteiger partial charge is 0.489 e. The monoisotopic (exact) mass is 254 g/mol. The molecule has 0 fully saturated rings. The minimum atomic E-state index is -4.18. The van der Waals surface area contributed by atoms with E-state index in [1.54, 1.807) is 10.9 Å². The van der Waals surface area contributed by atoms with Crippen LogP contribution in [0.1, 0.15) is 13.3 Å². The Morgan fingerprint density at radius 1 is 1.50 bits per heavy atom. The molecule has 0 saturated carbocycles. The summed E-state index contributed by atoms with van der Waals surface area (Å²) in [5, 5.41) is 4.00. The van der Waals surface area contributed by atoms with Crippen LogP contribution >= 0.6 is 11.8 Å². The van der Waals surface area contributed by atoms with E-state index in [4.69, 9.17) is 4.74 Å². The van der Waals surface area contributed by atoms with Crippen molar-refractivity contribution in [2.24, 2.45) is 0 Å². The fraction of sp³-hybridized carbons (Fsp3) is 0.667. The molecular formula is C9H13F3N2OS. The van der Waals surface area contributed by atoms with Crippen molar-refractivity contribution in [3.63, 3.8) is 0 Å². The quantitative estimate of drug-likeness (QED) is 0.730. The number of thioether (sulfide) groups is 1. The number of alkyl halides is 3. The third kappa shape index (κ3) is 5.29. The van der Waals surface area contributed by atoms with Gasteiger partial charge in [-0.25, -0.2) is 0 Å². The van der Waals surface area contributed by atoms with E-state index in [1.807, 2.05) is 6.92 Å². The molecule has 1 heterocycles. The number of nitrogens with zero attached hydrogens (tertiary/aromatic N) is 2. The second-order valence-electron chi connectivity index (χ2n) is 3.08. The Balaban J connectivity index is 2.21. The van der Waals surface area contributed by atoms with Gasteiger partial charge >= 0.3 is 5.51 Å². The molecule has 0 radical (unpaired) electrons. The summed E-state index contributed by atoms with van der Waals surface area (Å²) in [6.07, 6.45) is 4.14. The summed E-state index contributed by atoms with van der Waals surface area (Å²) in [6.45, 7) is 2.82. The highest BCUT2D eigenvalue weighted by molar-refractivity contribution is 8.00. The zero-order chi connectivity index (χ0) is 12.0. The summed E-state index contributed by atoms with van der Waals surface area (Å²) in [4.78, 5) is 0. The summed E-state index contributed by atoms with van der Waals surface area (Å²) >= 11 is -0.0823. The summed E-state index contributed by atoms with van der Waals surface area (Å²) in [7, 11) is 0. The van der Waals surface area contributed by atoms with E-state index in [0.717, 1.165) is 13.0 Å². The van der Waals surface area contributed by atoms with Crippen LogP contribution in [0.2, 0.25) is 0 Å². The van der Waals surface area contributed by atoms with Gasteiger partial charge in [0.2, 0.25) is 0 Å². The first-order valence-corrected chi connectivity index (χ1v) is 5.86. The van der Waals surface area contributed by atoms with E-state index >= 15 is 0 Å². The van der Waals surface area contributed by atoms with Gasteiger partial charge < -0.3 is 4.74 Å². The van der Waals surface area contributed by atoms with Crippen LogP contribution in [-0.4, -0.2) is 27.6 Å². The molecule has 1 aromatic rings. The number of ether oxygens (including phenoxy) is 1. The van der Waals surface area contributed by atoms with Crippen LogP contribution in [0.5, 0.6) is 5.75 Å².